The van der Waals surface area contributed by atoms with Crippen molar-refractivity contribution in [3.05, 3.63) is 55.9 Å². The summed E-state index contributed by atoms with van der Waals surface area (Å²) in [5.74, 6) is 0.894. The monoisotopic (exact) mass is 513 g/mol. The molecule has 3 rings (SSSR count). The Morgan fingerprint density at radius 2 is 1.58 bits per heavy atom. The minimum absolute atomic E-state index is 0.0581. The van der Waals surface area contributed by atoms with Crippen molar-refractivity contribution in [1.29, 1.82) is 0 Å². The van der Waals surface area contributed by atoms with Gasteiger partial charge in [0.05, 0.1) is 8.95 Å². The Morgan fingerprint density at radius 1 is 0.917 bits per heavy atom. The van der Waals surface area contributed by atoms with E-state index in [1.807, 2.05) is 42.5 Å². The van der Waals surface area contributed by atoms with Crippen LogP contribution in [0.15, 0.2) is 55.9 Å². The minimum Gasteiger partial charge on any atom is -0.422 e. The summed E-state index contributed by atoms with van der Waals surface area (Å²) in [7, 11) is 0. The predicted molar refractivity (Wildman–Crippen MR) is 104 cm³/mol. The van der Waals surface area contributed by atoms with Gasteiger partial charge in [0.25, 0.3) is 0 Å². The summed E-state index contributed by atoms with van der Waals surface area (Å²) in [4.78, 5) is 12.3. The summed E-state index contributed by atoms with van der Waals surface area (Å²) in [6, 6.07) is 13.3. The third kappa shape index (κ3) is 4.22. The van der Waals surface area contributed by atoms with Crippen LogP contribution in [0.3, 0.4) is 0 Å². The number of nitrogen functional groups attached to an aromatic ring is 1. The zero-order valence-electron chi connectivity index (χ0n) is 12.0. The molecule has 1 aromatic heterocycles. The van der Waals surface area contributed by atoms with Crippen molar-refractivity contribution in [3.8, 4) is 11.8 Å². The minimum atomic E-state index is 0.0581. The van der Waals surface area contributed by atoms with Gasteiger partial charge in [-0.2, -0.15) is 15.0 Å². The van der Waals surface area contributed by atoms with E-state index >= 15 is 0 Å². The van der Waals surface area contributed by atoms with Crippen LogP contribution < -0.4 is 15.8 Å². The molecule has 1 heterocycles. The fourth-order valence-corrected chi connectivity index (χ4v) is 4.26. The molecule has 24 heavy (non-hydrogen) atoms. The molecular formula is C15H10Br3N5O. The van der Waals surface area contributed by atoms with E-state index in [0.717, 1.165) is 19.1 Å². The molecule has 6 nitrogen and oxygen atoms in total. The molecule has 0 aliphatic carbocycles. The average molecular weight is 516 g/mol. The lowest BCUT2D eigenvalue weighted by molar-refractivity contribution is 0.436. The Hall–Kier alpha value is -1.71. The van der Waals surface area contributed by atoms with E-state index in [2.05, 4.69) is 68.1 Å². The van der Waals surface area contributed by atoms with E-state index in [1.165, 1.54) is 0 Å². The van der Waals surface area contributed by atoms with Gasteiger partial charge < -0.3 is 15.8 Å². The standard InChI is InChI=1S/C15H10Br3N5O/c16-8-6-10(17)12(11(18)7-8)24-15-22-13(19)21-14(23-15)20-9-4-2-1-3-5-9/h1-7H,(H3,19,20,21,22,23). The molecule has 0 aliphatic rings. The predicted octanol–water partition coefficient (Wildman–Crippen LogP) is 5.28. The van der Waals surface area contributed by atoms with Gasteiger partial charge in [-0.05, 0) is 56.1 Å². The fraction of sp³-hybridized carbons (Fsp3) is 0. The van der Waals surface area contributed by atoms with Gasteiger partial charge >= 0.3 is 6.01 Å². The normalized spacial score (nSPS) is 10.5. The van der Waals surface area contributed by atoms with E-state index in [1.54, 1.807) is 0 Å². The van der Waals surface area contributed by atoms with Crippen LogP contribution in [0, 0.1) is 0 Å². The Bertz CT molecular complexity index is 853. The molecule has 0 bridgehead atoms. The van der Waals surface area contributed by atoms with Gasteiger partial charge in [0.15, 0.2) is 5.75 Å². The lowest BCUT2D eigenvalue weighted by atomic mass is 10.3. The molecule has 0 saturated heterocycles. The molecule has 3 aromatic rings. The molecule has 0 unspecified atom stereocenters. The van der Waals surface area contributed by atoms with E-state index in [4.69, 9.17) is 10.5 Å². The summed E-state index contributed by atoms with van der Waals surface area (Å²) in [6.07, 6.45) is 0. The first-order chi connectivity index (χ1) is 11.5. The van der Waals surface area contributed by atoms with Crippen molar-refractivity contribution in [3.63, 3.8) is 0 Å². The van der Waals surface area contributed by atoms with Gasteiger partial charge in [-0.1, -0.05) is 34.1 Å². The van der Waals surface area contributed by atoms with Gasteiger partial charge in [-0.15, -0.1) is 0 Å². The molecule has 0 fully saturated rings. The summed E-state index contributed by atoms with van der Waals surface area (Å²) in [5, 5.41) is 3.06. The lowest BCUT2D eigenvalue weighted by Gasteiger charge is -2.10. The maximum Gasteiger partial charge on any atom is 0.328 e. The number of nitrogens with zero attached hydrogens (tertiary/aromatic N) is 3. The van der Waals surface area contributed by atoms with Gasteiger partial charge in [-0.3, -0.25) is 0 Å². The molecule has 0 radical (unpaired) electrons. The van der Waals surface area contributed by atoms with E-state index in [-0.39, 0.29) is 12.0 Å². The molecule has 9 heteroatoms. The number of nitrogens with one attached hydrogen (secondary N) is 1. The second kappa shape index (κ2) is 7.45. The Kier molecular flexibility index (Phi) is 5.32. The average Bonchev–Trinajstić information content (AvgIpc) is 2.51. The third-order valence-electron chi connectivity index (χ3n) is 2.82. The molecule has 0 atom stereocenters. The van der Waals surface area contributed by atoms with Crippen LogP contribution in [0.4, 0.5) is 17.6 Å². The number of nitrogens with two attached hydrogens (primary N) is 1. The van der Waals surface area contributed by atoms with Crippen LogP contribution in [-0.2, 0) is 0 Å². The largest absolute Gasteiger partial charge is 0.422 e. The number of rotatable bonds is 4. The highest BCUT2D eigenvalue weighted by Gasteiger charge is 2.13. The summed E-state index contributed by atoms with van der Waals surface area (Å²) < 4.78 is 8.13. The maximum absolute atomic E-state index is 5.76. The zero-order valence-corrected chi connectivity index (χ0v) is 16.8. The molecule has 122 valence electrons. The molecule has 0 aliphatic heterocycles. The number of ether oxygens (including phenoxy) is 1. The van der Waals surface area contributed by atoms with Gasteiger partial charge in [-0.25, -0.2) is 0 Å². The van der Waals surface area contributed by atoms with E-state index in [9.17, 15) is 0 Å². The van der Waals surface area contributed by atoms with Crippen molar-refractivity contribution in [2.75, 3.05) is 11.1 Å². The van der Waals surface area contributed by atoms with E-state index < -0.39 is 0 Å². The quantitative estimate of drug-likeness (QED) is 0.492. The molecule has 2 aromatic carbocycles. The highest BCUT2D eigenvalue weighted by Crippen LogP contribution is 2.38. The molecular weight excluding hydrogens is 506 g/mol. The van der Waals surface area contributed by atoms with Crippen molar-refractivity contribution < 1.29 is 4.74 Å². The van der Waals surface area contributed by atoms with E-state index in [0.29, 0.717) is 11.7 Å². The number of hydrogen-bond acceptors (Lipinski definition) is 6. The number of anilines is 3. The fourth-order valence-electron chi connectivity index (χ4n) is 1.84. The smallest absolute Gasteiger partial charge is 0.328 e. The Morgan fingerprint density at radius 3 is 2.25 bits per heavy atom. The number of para-hydroxylation sites is 1. The molecule has 3 N–H and O–H groups in total. The number of aromatic nitrogens is 3. The Labute approximate surface area is 163 Å². The SMILES string of the molecule is Nc1nc(Nc2ccccc2)nc(Oc2c(Br)cc(Br)cc2Br)n1. The highest BCUT2D eigenvalue weighted by molar-refractivity contribution is 9.11. The van der Waals surface area contributed by atoms with Crippen molar-refractivity contribution in [2.45, 2.75) is 0 Å². The van der Waals surface area contributed by atoms with Crippen molar-refractivity contribution in [2.24, 2.45) is 0 Å². The van der Waals surface area contributed by atoms with Crippen LogP contribution in [0.2, 0.25) is 0 Å². The van der Waals surface area contributed by atoms with Crippen LogP contribution in [0.25, 0.3) is 0 Å². The maximum atomic E-state index is 5.76. The summed E-state index contributed by atoms with van der Waals surface area (Å²) in [5.41, 5.74) is 6.59. The summed E-state index contributed by atoms with van der Waals surface area (Å²) >= 11 is 10.3. The molecule has 0 spiro atoms. The molecule has 0 amide bonds. The second-order valence-electron chi connectivity index (χ2n) is 4.59. The third-order valence-corrected chi connectivity index (χ3v) is 4.45. The first kappa shape index (κ1) is 17.1. The number of halogens is 3. The van der Waals surface area contributed by atoms with Gasteiger partial charge in [0, 0.05) is 10.2 Å². The first-order valence-corrected chi connectivity index (χ1v) is 9.05. The number of hydrogen-bond donors (Lipinski definition) is 2. The molecule has 0 saturated carbocycles. The lowest BCUT2D eigenvalue weighted by Crippen LogP contribution is -2.05. The highest BCUT2D eigenvalue weighted by atomic mass is 79.9. The topological polar surface area (TPSA) is 86.0 Å². The van der Waals surface area contributed by atoms with Gasteiger partial charge in [0.2, 0.25) is 11.9 Å². The van der Waals surface area contributed by atoms with Crippen LogP contribution >= 0.6 is 47.8 Å². The van der Waals surface area contributed by atoms with Crippen molar-refractivity contribution >= 4 is 65.4 Å². The van der Waals surface area contributed by atoms with Crippen LogP contribution in [0.1, 0.15) is 0 Å². The summed E-state index contributed by atoms with van der Waals surface area (Å²) in [6.45, 7) is 0. The zero-order chi connectivity index (χ0) is 17.1. The van der Waals surface area contributed by atoms with Crippen molar-refractivity contribution in [1.82, 2.24) is 15.0 Å². The second-order valence-corrected chi connectivity index (χ2v) is 7.22. The van der Waals surface area contributed by atoms with Gasteiger partial charge in [0.1, 0.15) is 0 Å². The van der Waals surface area contributed by atoms with Crippen LogP contribution in [-0.4, -0.2) is 15.0 Å². The first-order valence-electron chi connectivity index (χ1n) is 6.67. The number of benzene rings is 2. The van der Waals surface area contributed by atoms with Crippen LogP contribution in [0.5, 0.6) is 11.8 Å². The Balaban J connectivity index is 1.89.